The molecule has 206 valence electrons. The fourth-order valence-electron chi connectivity index (χ4n) is 5.67. The number of halogens is 1. The Balaban J connectivity index is 1.64. The molecule has 3 atom stereocenters. The molecular formula is C29H39FN4O3S. The number of thiazole rings is 1. The van der Waals surface area contributed by atoms with Gasteiger partial charge in [-0.05, 0) is 76.8 Å². The van der Waals surface area contributed by atoms with E-state index in [4.69, 9.17) is 4.98 Å². The summed E-state index contributed by atoms with van der Waals surface area (Å²) in [7, 11) is 1.74. The molecular weight excluding hydrogens is 503 g/mol. The summed E-state index contributed by atoms with van der Waals surface area (Å²) in [6.45, 7) is 4.41. The van der Waals surface area contributed by atoms with Crippen LogP contribution in [0, 0.1) is 11.7 Å². The fourth-order valence-corrected chi connectivity index (χ4v) is 6.67. The molecule has 0 spiro atoms. The topological polar surface area (TPSA) is 91.4 Å². The number of likely N-dealkylation sites (N-methyl/N-ethyl adjacent to an activating group) is 1. The zero-order chi connectivity index (χ0) is 27.3. The van der Waals surface area contributed by atoms with Gasteiger partial charge in [-0.2, -0.15) is 0 Å². The summed E-state index contributed by atoms with van der Waals surface area (Å²) in [4.78, 5) is 47.0. The first-order valence-electron chi connectivity index (χ1n) is 13.8. The molecule has 7 nitrogen and oxygen atoms in total. The second kappa shape index (κ2) is 12.5. The van der Waals surface area contributed by atoms with Crippen molar-refractivity contribution in [2.45, 2.75) is 89.3 Å². The normalized spacial score (nSPS) is 22.4. The Hall–Kier alpha value is -2.65. The van der Waals surface area contributed by atoms with Crippen molar-refractivity contribution >= 4 is 28.9 Å². The Bertz CT molecular complexity index is 1130. The van der Waals surface area contributed by atoms with Crippen molar-refractivity contribution < 1.29 is 18.8 Å². The number of amides is 2. The molecule has 1 saturated heterocycles. The fraction of sp³-hybridized carbons (Fsp3) is 0.586. The summed E-state index contributed by atoms with van der Waals surface area (Å²) in [6, 6.07) is 4.47. The summed E-state index contributed by atoms with van der Waals surface area (Å²) in [5.74, 6) is -0.794. The predicted molar refractivity (Wildman–Crippen MR) is 147 cm³/mol. The van der Waals surface area contributed by atoms with Crippen molar-refractivity contribution in [2.75, 3.05) is 13.6 Å². The van der Waals surface area contributed by atoms with Crippen LogP contribution in [-0.4, -0.2) is 53.2 Å². The number of benzene rings is 1. The number of hydrogen-bond acceptors (Lipinski definition) is 6. The summed E-state index contributed by atoms with van der Waals surface area (Å²) < 4.78 is 13.4. The molecule has 1 aliphatic carbocycles. The average Bonchev–Trinajstić information content (AvgIpc) is 3.36. The van der Waals surface area contributed by atoms with Crippen LogP contribution in [0.4, 0.5) is 4.39 Å². The van der Waals surface area contributed by atoms with Crippen LogP contribution in [-0.2, 0) is 15.1 Å². The molecule has 0 bridgehead atoms. The second-order valence-electron chi connectivity index (χ2n) is 10.8. The van der Waals surface area contributed by atoms with Gasteiger partial charge in [0.05, 0.1) is 11.6 Å². The molecule has 2 aliphatic rings. The minimum absolute atomic E-state index is 0.0560. The highest BCUT2D eigenvalue weighted by Gasteiger charge is 2.44. The van der Waals surface area contributed by atoms with Crippen LogP contribution >= 0.6 is 11.3 Å². The van der Waals surface area contributed by atoms with Crippen LogP contribution < -0.4 is 10.6 Å². The maximum atomic E-state index is 14.3. The van der Waals surface area contributed by atoms with Gasteiger partial charge in [0.2, 0.25) is 17.6 Å². The first kappa shape index (κ1) is 28.4. The molecule has 4 rings (SSSR count). The van der Waals surface area contributed by atoms with Crippen molar-refractivity contribution in [3.05, 3.63) is 51.7 Å². The quantitative estimate of drug-likeness (QED) is 0.468. The van der Waals surface area contributed by atoms with Crippen molar-refractivity contribution in [2.24, 2.45) is 5.92 Å². The van der Waals surface area contributed by atoms with Gasteiger partial charge in [0.1, 0.15) is 22.6 Å². The SMILES string of the molecule is CN[C@@H](C)C(=O)N[C@H](C(=O)N1CCCCC[C@@]1(C)c1nc(C(=O)c2ccc(F)cc2)cs1)C1CCCCC1. The molecule has 2 heterocycles. The third-order valence-corrected chi connectivity index (χ3v) is 9.32. The molecule has 1 aromatic heterocycles. The van der Waals surface area contributed by atoms with Gasteiger partial charge in [-0.1, -0.05) is 32.1 Å². The summed E-state index contributed by atoms with van der Waals surface area (Å²) in [5, 5.41) is 8.52. The van der Waals surface area contributed by atoms with Crippen LogP contribution in [0.1, 0.15) is 92.7 Å². The van der Waals surface area contributed by atoms with Crippen LogP contribution in [0.5, 0.6) is 0 Å². The molecule has 38 heavy (non-hydrogen) atoms. The van der Waals surface area contributed by atoms with Gasteiger partial charge in [0.25, 0.3) is 0 Å². The smallest absolute Gasteiger partial charge is 0.246 e. The summed E-state index contributed by atoms with van der Waals surface area (Å²) >= 11 is 1.38. The van der Waals surface area contributed by atoms with Gasteiger partial charge in [0.15, 0.2) is 0 Å². The molecule has 1 saturated carbocycles. The first-order chi connectivity index (χ1) is 18.2. The predicted octanol–water partition coefficient (Wildman–Crippen LogP) is 4.80. The maximum absolute atomic E-state index is 14.3. The zero-order valence-corrected chi connectivity index (χ0v) is 23.4. The van der Waals surface area contributed by atoms with E-state index in [2.05, 4.69) is 10.6 Å². The van der Waals surface area contributed by atoms with E-state index in [1.807, 2.05) is 11.8 Å². The zero-order valence-electron chi connectivity index (χ0n) is 22.6. The molecule has 2 N–H and O–H groups in total. The van der Waals surface area contributed by atoms with Crippen molar-refractivity contribution in [1.82, 2.24) is 20.5 Å². The Morgan fingerprint density at radius 3 is 2.45 bits per heavy atom. The lowest BCUT2D eigenvalue weighted by Crippen LogP contribution is -2.59. The number of ketones is 1. The number of carbonyl (C=O) groups excluding carboxylic acids is 3. The van der Waals surface area contributed by atoms with Crippen molar-refractivity contribution in [3.63, 3.8) is 0 Å². The summed E-state index contributed by atoms with van der Waals surface area (Å²) in [5.41, 5.74) is -0.0124. The number of nitrogens with zero attached hydrogens (tertiary/aromatic N) is 2. The van der Waals surface area contributed by atoms with E-state index >= 15 is 0 Å². The monoisotopic (exact) mass is 542 g/mol. The maximum Gasteiger partial charge on any atom is 0.246 e. The first-order valence-corrected chi connectivity index (χ1v) is 14.7. The molecule has 2 amide bonds. The van der Waals surface area contributed by atoms with E-state index in [-0.39, 0.29) is 23.5 Å². The molecule has 9 heteroatoms. The highest BCUT2D eigenvalue weighted by Crippen LogP contribution is 2.40. The van der Waals surface area contributed by atoms with E-state index in [0.717, 1.165) is 62.8 Å². The number of carbonyl (C=O) groups is 3. The van der Waals surface area contributed by atoms with Crippen LogP contribution in [0.2, 0.25) is 0 Å². The van der Waals surface area contributed by atoms with E-state index < -0.39 is 23.4 Å². The lowest BCUT2D eigenvalue weighted by Gasteiger charge is -2.42. The molecule has 2 fully saturated rings. The highest BCUT2D eigenvalue weighted by atomic mass is 32.1. The lowest BCUT2D eigenvalue weighted by atomic mass is 9.82. The van der Waals surface area contributed by atoms with Crippen molar-refractivity contribution in [3.8, 4) is 0 Å². The Morgan fingerprint density at radius 1 is 1.08 bits per heavy atom. The van der Waals surface area contributed by atoms with Gasteiger partial charge in [-0.15, -0.1) is 11.3 Å². The van der Waals surface area contributed by atoms with E-state index in [1.54, 1.807) is 19.4 Å². The number of aromatic nitrogens is 1. The number of likely N-dealkylation sites (tertiary alicyclic amines) is 1. The molecule has 1 aromatic carbocycles. The van der Waals surface area contributed by atoms with Crippen LogP contribution in [0.25, 0.3) is 0 Å². The molecule has 2 aromatic rings. The van der Waals surface area contributed by atoms with Crippen LogP contribution in [0.15, 0.2) is 29.6 Å². The third-order valence-electron chi connectivity index (χ3n) is 8.22. The third kappa shape index (κ3) is 6.15. The Kier molecular flexibility index (Phi) is 9.31. The summed E-state index contributed by atoms with van der Waals surface area (Å²) in [6.07, 6.45) is 8.67. The minimum atomic E-state index is -0.689. The number of rotatable bonds is 8. The number of nitrogens with one attached hydrogen (secondary N) is 2. The van der Waals surface area contributed by atoms with E-state index in [1.165, 1.54) is 35.6 Å². The number of hydrogen-bond donors (Lipinski definition) is 2. The van der Waals surface area contributed by atoms with Gasteiger partial charge in [-0.25, -0.2) is 9.37 Å². The largest absolute Gasteiger partial charge is 0.343 e. The minimum Gasteiger partial charge on any atom is -0.343 e. The van der Waals surface area contributed by atoms with Crippen molar-refractivity contribution in [1.29, 1.82) is 0 Å². The molecule has 0 radical (unpaired) electrons. The van der Waals surface area contributed by atoms with Gasteiger partial charge < -0.3 is 15.5 Å². The van der Waals surface area contributed by atoms with Gasteiger partial charge >= 0.3 is 0 Å². The lowest BCUT2D eigenvalue weighted by molar-refractivity contribution is -0.144. The average molecular weight is 543 g/mol. The van der Waals surface area contributed by atoms with E-state index in [0.29, 0.717) is 17.8 Å². The second-order valence-corrected chi connectivity index (χ2v) is 11.7. The van der Waals surface area contributed by atoms with Gasteiger partial charge in [0, 0.05) is 17.5 Å². The molecule has 1 aliphatic heterocycles. The van der Waals surface area contributed by atoms with Gasteiger partial charge in [-0.3, -0.25) is 14.4 Å². The highest BCUT2D eigenvalue weighted by molar-refractivity contribution is 7.10. The molecule has 0 unspecified atom stereocenters. The standard InChI is InChI=1S/C29H39FN4O3S/c1-19(31-3)26(36)33-24(20-10-6-4-7-11-20)27(37)34-17-9-5-8-16-29(34,2)28-32-23(18-38-28)25(35)21-12-14-22(30)15-13-21/h12-15,18-20,24,31H,4-11,16-17H2,1-3H3,(H,33,36)/t19-,24-,29-/m0/s1. The van der Waals surface area contributed by atoms with Crippen LogP contribution in [0.3, 0.4) is 0 Å². The Morgan fingerprint density at radius 2 is 1.76 bits per heavy atom. The Labute approximate surface area is 228 Å². The van der Waals surface area contributed by atoms with E-state index in [9.17, 15) is 18.8 Å².